The minimum absolute atomic E-state index is 0. The molecule has 0 saturated heterocycles. The van der Waals surface area contributed by atoms with Crippen molar-refractivity contribution in [3.63, 3.8) is 0 Å². The van der Waals surface area contributed by atoms with Gasteiger partial charge in [0.05, 0.1) is 6.61 Å². The summed E-state index contributed by atoms with van der Waals surface area (Å²) in [7, 11) is 0. The quantitative estimate of drug-likeness (QED) is 0.394. The number of aryl methyl sites for hydroxylation is 1. The van der Waals surface area contributed by atoms with E-state index >= 15 is 0 Å². The Labute approximate surface area is 119 Å². The van der Waals surface area contributed by atoms with Crippen LogP contribution < -0.4 is 21.5 Å². The highest BCUT2D eigenvalue weighted by Gasteiger charge is 2.13. The molecular formula is C14H20BrNO2. The molecule has 0 N–H and O–H groups in total. The molecule has 0 spiro atoms. The van der Waals surface area contributed by atoms with E-state index in [4.69, 9.17) is 4.74 Å². The summed E-state index contributed by atoms with van der Waals surface area (Å²) in [6.07, 6.45) is 5.63. The lowest BCUT2D eigenvalue weighted by Gasteiger charge is -2.03. The van der Waals surface area contributed by atoms with Crippen molar-refractivity contribution in [3.8, 4) is 0 Å². The van der Waals surface area contributed by atoms with Crippen LogP contribution in [0.15, 0.2) is 24.9 Å². The average Bonchev–Trinajstić information content (AvgIpc) is 2.32. The summed E-state index contributed by atoms with van der Waals surface area (Å²) in [6, 6.07) is 3.92. The number of pyridine rings is 1. The van der Waals surface area contributed by atoms with Crippen LogP contribution in [0.2, 0.25) is 0 Å². The molecule has 1 heterocycles. The molecular weight excluding hydrogens is 294 g/mol. The van der Waals surface area contributed by atoms with Crippen LogP contribution in [0, 0.1) is 6.92 Å². The Kier molecular flexibility index (Phi) is 8.29. The number of carbonyl (C=O) groups excluding carboxylic acids is 1. The molecule has 0 aromatic carbocycles. The van der Waals surface area contributed by atoms with E-state index in [1.165, 1.54) is 0 Å². The number of carbonyl (C=O) groups is 1. The highest BCUT2D eigenvalue weighted by molar-refractivity contribution is 5.67. The number of nitrogens with zero attached hydrogens (tertiary/aromatic N) is 1. The van der Waals surface area contributed by atoms with Gasteiger partial charge >= 0.3 is 5.97 Å². The monoisotopic (exact) mass is 313 g/mol. The molecule has 4 heteroatoms. The third-order valence-electron chi connectivity index (χ3n) is 2.57. The number of unbranched alkanes of at least 4 members (excludes halogenated alkanes) is 1. The summed E-state index contributed by atoms with van der Waals surface area (Å²) in [4.78, 5) is 11.5. The van der Waals surface area contributed by atoms with Crippen molar-refractivity contribution in [2.75, 3.05) is 6.61 Å². The van der Waals surface area contributed by atoms with E-state index in [9.17, 15) is 4.79 Å². The van der Waals surface area contributed by atoms with Gasteiger partial charge in [0.15, 0.2) is 11.9 Å². The zero-order chi connectivity index (χ0) is 12.7. The van der Waals surface area contributed by atoms with Crippen molar-refractivity contribution in [1.29, 1.82) is 0 Å². The zero-order valence-electron chi connectivity index (χ0n) is 11.0. The second-order valence-corrected chi connectivity index (χ2v) is 4.01. The fraction of sp³-hybridized carbons (Fsp3) is 0.429. The van der Waals surface area contributed by atoms with E-state index in [0.717, 1.165) is 24.1 Å². The van der Waals surface area contributed by atoms with Gasteiger partial charge in [-0.1, -0.05) is 26.0 Å². The first kappa shape index (κ1) is 16.8. The SMILES string of the molecule is C=Cc1cc[n+](CC(=O)OCCCC)c(C)c1.[Br-]. The largest absolute Gasteiger partial charge is 1.00 e. The Morgan fingerprint density at radius 1 is 1.56 bits per heavy atom. The van der Waals surface area contributed by atoms with E-state index in [1.807, 2.05) is 29.8 Å². The topological polar surface area (TPSA) is 30.2 Å². The predicted octanol–water partition coefficient (Wildman–Crippen LogP) is -0.727. The Morgan fingerprint density at radius 2 is 2.28 bits per heavy atom. The third kappa shape index (κ3) is 5.45. The second kappa shape index (κ2) is 8.86. The molecule has 0 unspecified atom stereocenters. The Hall–Kier alpha value is -1.16. The maximum atomic E-state index is 11.5. The lowest BCUT2D eigenvalue weighted by molar-refractivity contribution is -0.691. The van der Waals surface area contributed by atoms with Crippen molar-refractivity contribution in [2.24, 2.45) is 0 Å². The van der Waals surface area contributed by atoms with Crippen LogP contribution in [0.5, 0.6) is 0 Å². The maximum Gasteiger partial charge on any atom is 0.372 e. The van der Waals surface area contributed by atoms with Crippen molar-refractivity contribution < 1.29 is 31.1 Å². The lowest BCUT2D eigenvalue weighted by Crippen LogP contribution is -3.00. The van der Waals surface area contributed by atoms with Crippen LogP contribution in [-0.4, -0.2) is 12.6 Å². The van der Waals surface area contributed by atoms with Crippen LogP contribution in [0.25, 0.3) is 6.08 Å². The molecule has 0 amide bonds. The molecule has 0 atom stereocenters. The van der Waals surface area contributed by atoms with E-state index in [1.54, 1.807) is 6.08 Å². The minimum Gasteiger partial charge on any atom is -1.00 e. The molecule has 0 aliphatic rings. The number of hydrogen-bond acceptors (Lipinski definition) is 2. The van der Waals surface area contributed by atoms with Gasteiger partial charge in [-0.15, -0.1) is 0 Å². The molecule has 18 heavy (non-hydrogen) atoms. The first-order valence-electron chi connectivity index (χ1n) is 5.95. The molecule has 0 aliphatic carbocycles. The van der Waals surface area contributed by atoms with Crippen LogP contribution >= 0.6 is 0 Å². The van der Waals surface area contributed by atoms with Crippen LogP contribution in [0.3, 0.4) is 0 Å². The fourth-order valence-electron chi connectivity index (χ4n) is 1.49. The maximum absolute atomic E-state index is 11.5. The summed E-state index contributed by atoms with van der Waals surface area (Å²) >= 11 is 0. The van der Waals surface area contributed by atoms with Gasteiger partial charge < -0.3 is 21.7 Å². The molecule has 0 aliphatic heterocycles. The highest BCUT2D eigenvalue weighted by atomic mass is 79.9. The van der Waals surface area contributed by atoms with Crippen molar-refractivity contribution >= 4 is 12.0 Å². The molecule has 1 aromatic heterocycles. The third-order valence-corrected chi connectivity index (χ3v) is 2.57. The summed E-state index contributed by atoms with van der Waals surface area (Å²) in [5.74, 6) is -0.182. The van der Waals surface area contributed by atoms with Crippen LogP contribution in [-0.2, 0) is 16.1 Å². The minimum atomic E-state index is -0.182. The van der Waals surface area contributed by atoms with Gasteiger partial charge in [0.1, 0.15) is 0 Å². The summed E-state index contributed by atoms with van der Waals surface area (Å²) < 4.78 is 6.99. The van der Waals surface area contributed by atoms with Gasteiger partial charge in [0.2, 0.25) is 6.54 Å². The number of halogens is 1. The van der Waals surface area contributed by atoms with E-state index in [0.29, 0.717) is 6.61 Å². The highest BCUT2D eigenvalue weighted by Crippen LogP contribution is 2.00. The van der Waals surface area contributed by atoms with Gasteiger partial charge in [0, 0.05) is 19.1 Å². The molecule has 100 valence electrons. The van der Waals surface area contributed by atoms with Crippen molar-refractivity contribution in [3.05, 3.63) is 36.2 Å². The Bertz CT molecular complexity index is 405. The zero-order valence-corrected chi connectivity index (χ0v) is 12.6. The van der Waals surface area contributed by atoms with E-state index in [2.05, 4.69) is 13.5 Å². The molecule has 0 saturated carbocycles. The normalized spacial score (nSPS) is 9.44. The summed E-state index contributed by atoms with van der Waals surface area (Å²) in [5, 5.41) is 0. The molecule has 0 fully saturated rings. The number of esters is 1. The number of ether oxygens (including phenoxy) is 1. The Morgan fingerprint density at radius 3 is 2.83 bits per heavy atom. The van der Waals surface area contributed by atoms with E-state index in [-0.39, 0.29) is 29.5 Å². The van der Waals surface area contributed by atoms with Gasteiger partial charge in [0.25, 0.3) is 0 Å². The first-order chi connectivity index (χ1) is 8.17. The van der Waals surface area contributed by atoms with Crippen LogP contribution in [0.4, 0.5) is 0 Å². The number of hydrogen-bond donors (Lipinski definition) is 0. The predicted molar refractivity (Wildman–Crippen MR) is 67.3 cm³/mol. The smallest absolute Gasteiger partial charge is 0.372 e. The molecule has 1 rings (SSSR count). The van der Waals surface area contributed by atoms with Gasteiger partial charge in [-0.25, -0.2) is 4.79 Å². The van der Waals surface area contributed by atoms with Crippen molar-refractivity contribution in [1.82, 2.24) is 0 Å². The summed E-state index contributed by atoms with van der Waals surface area (Å²) in [5.41, 5.74) is 2.08. The van der Waals surface area contributed by atoms with E-state index < -0.39 is 0 Å². The van der Waals surface area contributed by atoms with Gasteiger partial charge in [-0.3, -0.25) is 0 Å². The van der Waals surface area contributed by atoms with Crippen molar-refractivity contribution in [2.45, 2.75) is 33.2 Å². The molecule has 0 radical (unpaired) electrons. The van der Waals surface area contributed by atoms with Crippen LogP contribution in [0.1, 0.15) is 31.0 Å². The fourth-order valence-corrected chi connectivity index (χ4v) is 1.49. The van der Waals surface area contributed by atoms with Gasteiger partial charge in [-0.05, 0) is 12.0 Å². The average molecular weight is 314 g/mol. The number of rotatable bonds is 6. The standard InChI is InChI=1S/C14H20NO2.BrH/c1-4-6-9-17-14(16)11-15-8-7-13(5-2)10-12(15)3;/h5,7-8,10H,2,4,6,9,11H2,1,3H3;1H/q+1;/p-1. The van der Waals surface area contributed by atoms with Gasteiger partial charge in [-0.2, -0.15) is 4.57 Å². The number of aromatic nitrogens is 1. The molecule has 3 nitrogen and oxygen atoms in total. The first-order valence-corrected chi connectivity index (χ1v) is 5.95. The lowest BCUT2D eigenvalue weighted by atomic mass is 10.2. The molecule has 0 bridgehead atoms. The Balaban J connectivity index is 0.00000289. The summed E-state index contributed by atoms with van der Waals surface area (Å²) in [6.45, 7) is 8.53. The second-order valence-electron chi connectivity index (χ2n) is 4.01. The molecule has 1 aromatic rings.